The first-order valence-corrected chi connectivity index (χ1v) is 10.6. The Balaban J connectivity index is 1.67. The summed E-state index contributed by atoms with van der Waals surface area (Å²) < 4.78 is 43.6. The van der Waals surface area contributed by atoms with Crippen molar-refractivity contribution < 1.29 is 22.3 Å². The average Bonchev–Trinajstić information content (AvgIpc) is 2.80. The molecule has 1 saturated heterocycles. The molecule has 0 N–H and O–H groups in total. The Labute approximate surface area is 162 Å². The molecule has 1 unspecified atom stereocenters. The van der Waals surface area contributed by atoms with Crippen molar-refractivity contribution >= 4 is 27.3 Å². The lowest BCUT2D eigenvalue weighted by atomic mass is 10.1. The van der Waals surface area contributed by atoms with Crippen LogP contribution in [0.4, 0.5) is 4.39 Å². The molecule has 1 atom stereocenters. The lowest BCUT2D eigenvalue weighted by molar-refractivity contribution is -0.133. The van der Waals surface area contributed by atoms with Crippen LogP contribution in [0.25, 0.3) is 0 Å². The first kappa shape index (κ1) is 19.6. The summed E-state index contributed by atoms with van der Waals surface area (Å²) in [5.41, 5.74) is 0.566. The monoisotopic (exact) mass is 411 g/mol. The molecule has 0 aliphatic carbocycles. The van der Waals surface area contributed by atoms with Crippen LogP contribution in [-0.2, 0) is 14.6 Å². The standard InChI is InChI=1S/C19H19ClFNO4S/c20-17-4-2-1-3-16(17)18-9-10-22(11-12-27(18,24)25)19(23)13-26-15-7-5-14(21)6-8-15/h1-8,18H,9-13H2. The van der Waals surface area contributed by atoms with Gasteiger partial charge < -0.3 is 9.64 Å². The second kappa shape index (κ2) is 8.27. The molecule has 1 aliphatic heterocycles. The van der Waals surface area contributed by atoms with E-state index in [2.05, 4.69) is 0 Å². The van der Waals surface area contributed by atoms with Crippen LogP contribution in [0.5, 0.6) is 5.75 Å². The van der Waals surface area contributed by atoms with Crippen molar-refractivity contribution in [3.8, 4) is 5.75 Å². The van der Waals surface area contributed by atoms with Crippen molar-refractivity contribution in [2.75, 3.05) is 25.4 Å². The fourth-order valence-corrected chi connectivity index (χ4v) is 5.19. The molecule has 27 heavy (non-hydrogen) atoms. The lowest BCUT2D eigenvalue weighted by Crippen LogP contribution is -2.37. The first-order chi connectivity index (χ1) is 12.9. The molecule has 0 spiro atoms. The van der Waals surface area contributed by atoms with Gasteiger partial charge in [0.15, 0.2) is 16.4 Å². The van der Waals surface area contributed by atoms with Gasteiger partial charge >= 0.3 is 0 Å². The molecule has 1 amide bonds. The molecule has 2 aromatic rings. The van der Waals surface area contributed by atoms with Gasteiger partial charge in [0.2, 0.25) is 0 Å². The summed E-state index contributed by atoms with van der Waals surface area (Å²) in [6.45, 7) is 0.165. The Bertz CT molecular complexity index is 918. The Morgan fingerprint density at radius 3 is 2.56 bits per heavy atom. The summed E-state index contributed by atoms with van der Waals surface area (Å²) in [5, 5.41) is -0.326. The van der Waals surface area contributed by atoms with Crippen LogP contribution in [0.1, 0.15) is 17.2 Å². The molecule has 0 radical (unpaired) electrons. The summed E-state index contributed by atoms with van der Waals surface area (Å²) in [6.07, 6.45) is 0.272. The quantitative estimate of drug-likeness (QED) is 0.774. The maximum absolute atomic E-state index is 12.9. The molecule has 3 rings (SSSR count). The third-order valence-electron chi connectivity index (χ3n) is 4.52. The number of halogens is 2. The zero-order valence-electron chi connectivity index (χ0n) is 14.5. The van der Waals surface area contributed by atoms with E-state index in [1.165, 1.54) is 29.2 Å². The Hall–Kier alpha value is -2.12. The van der Waals surface area contributed by atoms with E-state index in [-0.39, 0.29) is 31.2 Å². The van der Waals surface area contributed by atoms with E-state index in [1.54, 1.807) is 24.3 Å². The van der Waals surface area contributed by atoms with Gasteiger partial charge in [-0.1, -0.05) is 29.8 Å². The van der Waals surface area contributed by atoms with Gasteiger partial charge in [-0.2, -0.15) is 0 Å². The number of benzene rings is 2. The number of amides is 1. The van der Waals surface area contributed by atoms with Gasteiger partial charge in [0, 0.05) is 18.1 Å². The zero-order chi connectivity index (χ0) is 19.4. The number of nitrogens with zero attached hydrogens (tertiary/aromatic N) is 1. The summed E-state index contributed by atoms with van der Waals surface area (Å²) in [4.78, 5) is 13.9. The normalized spacial score (nSPS) is 19.3. The van der Waals surface area contributed by atoms with E-state index in [4.69, 9.17) is 16.3 Å². The maximum Gasteiger partial charge on any atom is 0.260 e. The van der Waals surface area contributed by atoms with Gasteiger partial charge in [-0.05, 0) is 42.3 Å². The van der Waals surface area contributed by atoms with E-state index in [9.17, 15) is 17.6 Å². The van der Waals surface area contributed by atoms with Crippen LogP contribution >= 0.6 is 11.6 Å². The lowest BCUT2D eigenvalue weighted by Gasteiger charge is -2.20. The van der Waals surface area contributed by atoms with Crippen LogP contribution in [0, 0.1) is 5.82 Å². The van der Waals surface area contributed by atoms with Crippen LogP contribution in [0.15, 0.2) is 48.5 Å². The van der Waals surface area contributed by atoms with Gasteiger partial charge in [-0.15, -0.1) is 0 Å². The fraction of sp³-hybridized carbons (Fsp3) is 0.316. The molecule has 0 aromatic heterocycles. The van der Waals surface area contributed by atoms with Crippen molar-refractivity contribution in [1.82, 2.24) is 4.90 Å². The van der Waals surface area contributed by atoms with Gasteiger partial charge in [0.25, 0.3) is 5.91 Å². The highest BCUT2D eigenvalue weighted by Crippen LogP contribution is 2.33. The number of carbonyl (C=O) groups excluding carboxylic acids is 1. The van der Waals surface area contributed by atoms with Gasteiger partial charge in [0.05, 0.1) is 11.0 Å². The van der Waals surface area contributed by atoms with Crippen LogP contribution < -0.4 is 4.74 Å². The number of sulfone groups is 1. The molecule has 8 heteroatoms. The third-order valence-corrected chi connectivity index (χ3v) is 6.97. The topological polar surface area (TPSA) is 63.7 Å². The third kappa shape index (κ3) is 4.78. The number of carbonyl (C=O) groups is 1. The summed E-state index contributed by atoms with van der Waals surface area (Å²) >= 11 is 6.17. The van der Waals surface area contributed by atoms with E-state index < -0.39 is 20.9 Å². The summed E-state index contributed by atoms with van der Waals surface area (Å²) in [7, 11) is -3.43. The molecule has 5 nitrogen and oxygen atoms in total. The SMILES string of the molecule is O=C(COc1ccc(F)cc1)N1CCC(c2ccccc2Cl)S(=O)(=O)CC1. The Morgan fingerprint density at radius 1 is 1.15 bits per heavy atom. The minimum atomic E-state index is -3.43. The molecule has 0 bridgehead atoms. The highest BCUT2D eigenvalue weighted by molar-refractivity contribution is 7.91. The van der Waals surface area contributed by atoms with Crippen LogP contribution in [0.2, 0.25) is 5.02 Å². The zero-order valence-corrected chi connectivity index (χ0v) is 16.0. The molecular formula is C19H19ClFNO4S. The minimum Gasteiger partial charge on any atom is -0.484 e. The predicted octanol–water partition coefficient (Wildman–Crippen LogP) is 3.25. The molecule has 0 saturated carbocycles. The van der Waals surface area contributed by atoms with Gasteiger partial charge in [-0.3, -0.25) is 4.79 Å². The molecule has 1 heterocycles. The number of rotatable bonds is 4. The number of hydrogen-bond donors (Lipinski definition) is 0. The highest BCUT2D eigenvalue weighted by atomic mass is 35.5. The summed E-state index contributed by atoms with van der Waals surface area (Å²) in [5.74, 6) is -0.460. The van der Waals surface area contributed by atoms with Crippen LogP contribution in [-0.4, -0.2) is 44.7 Å². The van der Waals surface area contributed by atoms with Crippen molar-refractivity contribution in [3.05, 3.63) is 64.9 Å². The van der Waals surface area contributed by atoms with Crippen LogP contribution in [0.3, 0.4) is 0 Å². The number of hydrogen-bond acceptors (Lipinski definition) is 4. The summed E-state index contributed by atoms with van der Waals surface area (Å²) in [6, 6.07) is 12.2. The van der Waals surface area contributed by atoms with Crippen molar-refractivity contribution in [2.45, 2.75) is 11.7 Å². The van der Waals surface area contributed by atoms with Crippen molar-refractivity contribution in [3.63, 3.8) is 0 Å². The van der Waals surface area contributed by atoms with E-state index >= 15 is 0 Å². The smallest absolute Gasteiger partial charge is 0.260 e. The Morgan fingerprint density at radius 2 is 1.85 bits per heavy atom. The fourth-order valence-electron chi connectivity index (χ4n) is 3.05. The second-order valence-electron chi connectivity index (χ2n) is 6.29. The molecule has 1 fully saturated rings. The number of ether oxygens (including phenoxy) is 1. The largest absolute Gasteiger partial charge is 0.484 e. The van der Waals surface area contributed by atoms with E-state index in [1.807, 2.05) is 0 Å². The molecule has 2 aromatic carbocycles. The van der Waals surface area contributed by atoms with E-state index in [0.29, 0.717) is 22.9 Å². The van der Waals surface area contributed by atoms with Gasteiger partial charge in [0.1, 0.15) is 11.6 Å². The minimum absolute atomic E-state index is 0.106. The van der Waals surface area contributed by atoms with Crippen molar-refractivity contribution in [2.24, 2.45) is 0 Å². The van der Waals surface area contributed by atoms with Gasteiger partial charge in [-0.25, -0.2) is 12.8 Å². The van der Waals surface area contributed by atoms with Crippen molar-refractivity contribution in [1.29, 1.82) is 0 Å². The van der Waals surface area contributed by atoms with E-state index in [0.717, 1.165) is 0 Å². The first-order valence-electron chi connectivity index (χ1n) is 8.49. The Kier molecular flexibility index (Phi) is 6.01. The predicted molar refractivity (Wildman–Crippen MR) is 101 cm³/mol. The molecule has 1 aliphatic rings. The molecule has 144 valence electrons. The molecular weight excluding hydrogens is 393 g/mol. The maximum atomic E-state index is 12.9. The highest BCUT2D eigenvalue weighted by Gasteiger charge is 2.33. The second-order valence-corrected chi connectivity index (χ2v) is 9.00. The average molecular weight is 412 g/mol.